The Labute approximate surface area is 162 Å². The molecule has 0 fully saturated rings. The number of anilines is 4. The van der Waals surface area contributed by atoms with Gasteiger partial charge in [-0.2, -0.15) is 0 Å². The Morgan fingerprint density at radius 1 is 1.07 bits per heavy atom. The van der Waals surface area contributed by atoms with E-state index in [9.17, 15) is 9.59 Å². The number of pyridine rings is 1. The van der Waals surface area contributed by atoms with Crippen molar-refractivity contribution in [2.24, 2.45) is 7.05 Å². The molecule has 0 aliphatic carbocycles. The smallest absolute Gasteiger partial charge is 0.263 e. The van der Waals surface area contributed by atoms with Gasteiger partial charge in [-0.25, -0.2) is 9.97 Å². The Morgan fingerprint density at radius 3 is 2.43 bits per heavy atom. The van der Waals surface area contributed by atoms with E-state index in [-0.39, 0.29) is 11.1 Å². The van der Waals surface area contributed by atoms with E-state index in [1.54, 1.807) is 31.4 Å². The summed E-state index contributed by atoms with van der Waals surface area (Å²) >= 11 is 0. The summed E-state index contributed by atoms with van der Waals surface area (Å²) in [6, 6.07) is 12.2. The Morgan fingerprint density at radius 2 is 1.75 bits per heavy atom. The number of carbonyl (C=O) groups is 1. The number of aromatic nitrogens is 3. The summed E-state index contributed by atoms with van der Waals surface area (Å²) < 4.78 is 1.37. The van der Waals surface area contributed by atoms with Gasteiger partial charge in [-0.05, 0) is 43.3 Å². The van der Waals surface area contributed by atoms with E-state index in [4.69, 9.17) is 0 Å². The number of nitrogens with zero attached hydrogens (tertiary/aromatic N) is 4. The van der Waals surface area contributed by atoms with Gasteiger partial charge in [0.05, 0.1) is 0 Å². The van der Waals surface area contributed by atoms with Crippen LogP contribution in [0.15, 0.2) is 53.5 Å². The van der Waals surface area contributed by atoms with Crippen molar-refractivity contribution in [1.82, 2.24) is 14.5 Å². The first-order chi connectivity index (χ1) is 13.3. The topological polar surface area (TPSA) is 92.2 Å². The molecule has 0 aliphatic heterocycles. The second kappa shape index (κ2) is 7.91. The van der Waals surface area contributed by atoms with Gasteiger partial charge in [0.25, 0.3) is 11.5 Å². The molecule has 0 radical (unpaired) electrons. The highest BCUT2D eigenvalue weighted by Crippen LogP contribution is 2.20. The van der Waals surface area contributed by atoms with E-state index >= 15 is 0 Å². The van der Waals surface area contributed by atoms with Crippen LogP contribution in [-0.4, -0.2) is 34.5 Å². The number of hydrogen-bond acceptors (Lipinski definition) is 6. The number of hydrogen-bond donors (Lipinski definition) is 2. The van der Waals surface area contributed by atoms with Crippen molar-refractivity contribution < 1.29 is 4.79 Å². The summed E-state index contributed by atoms with van der Waals surface area (Å²) in [5, 5.41) is 5.96. The zero-order valence-corrected chi connectivity index (χ0v) is 16.2. The first-order valence-corrected chi connectivity index (χ1v) is 8.70. The molecule has 28 heavy (non-hydrogen) atoms. The number of carbonyl (C=O) groups excluding carboxylic acids is 1. The fourth-order valence-electron chi connectivity index (χ4n) is 2.60. The molecule has 144 valence electrons. The first-order valence-electron chi connectivity index (χ1n) is 8.70. The van der Waals surface area contributed by atoms with Crippen LogP contribution in [0, 0.1) is 6.92 Å². The van der Waals surface area contributed by atoms with E-state index < -0.39 is 5.91 Å². The molecule has 2 N–H and O–H groups in total. The van der Waals surface area contributed by atoms with Gasteiger partial charge >= 0.3 is 0 Å². The maximum Gasteiger partial charge on any atom is 0.263 e. The molecule has 8 nitrogen and oxygen atoms in total. The van der Waals surface area contributed by atoms with E-state index in [1.165, 1.54) is 10.6 Å². The summed E-state index contributed by atoms with van der Waals surface area (Å²) in [4.78, 5) is 35.0. The molecule has 2 heterocycles. The lowest BCUT2D eigenvalue weighted by Gasteiger charge is -2.14. The summed E-state index contributed by atoms with van der Waals surface area (Å²) in [5.41, 5.74) is 1.17. The summed E-state index contributed by atoms with van der Waals surface area (Å²) in [7, 11) is 5.45. The summed E-state index contributed by atoms with van der Waals surface area (Å²) in [6.45, 7) is 1.84. The molecule has 0 aliphatic rings. The van der Waals surface area contributed by atoms with Crippen LogP contribution in [0.2, 0.25) is 0 Å². The predicted octanol–water partition coefficient (Wildman–Crippen LogP) is 2.55. The largest absolute Gasteiger partial charge is 0.363 e. The van der Waals surface area contributed by atoms with Gasteiger partial charge in [0.15, 0.2) is 0 Å². The predicted molar refractivity (Wildman–Crippen MR) is 110 cm³/mol. The molecule has 0 saturated heterocycles. The number of aryl methyl sites for hydroxylation is 2. The first kappa shape index (κ1) is 19.1. The third kappa shape index (κ3) is 4.35. The minimum absolute atomic E-state index is 0.0971. The maximum absolute atomic E-state index is 12.3. The molecule has 8 heteroatoms. The molecule has 0 unspecified atom stereocenters. The van der Waals surface area contributed by atoms with Crippen LogP contribution < -0.4 is 21.1 Å². The zero-order valence-electron chi connectivity index (χ0n) is 16.2. The third-order valence-electron chi connectivity index (χ3n) is 4.07. The van der Waals surface area contributed by atoms with Gasteiger partial charge in [-0.15, -0.1) is 0 Å². The molecule has 0 bridgehead atoms. The van der Waals surface area contributed by atoms with Crippen molar-refractivity contribution >= 4 is 28.9 Å². The molecule has 0 saturated carbocycles. The third-order valence-corrected chi connectivity index (χ3v) is 4.07. The van der Waals surface area contributed by atoms with Gasteiger partial charge in [-0.3, -0.25) is 9.59 Å². The molecule has 0 spiro atoms. The second-order valence-corrected chi connectivity index (χ2v) is 6.55. The zero-order chi connectivity index (χ0) is 20.3. The highest BCUT2D eigenvalue weighted by Gasteiger charge is 2.11. The molecular formula is C20H22N6O2. The molecule has 0 atom stereocenters. The van der Waals surface area contributed by atoms with Crippen molar-refractivity contribution in [1.29, 1.82) is 0 Å². The molecular weight excluding hydrogens is 356 g/mol. The van der Waals surface area contributed by atoms with Crippen LogP contribution in [0.1, 0.15) is 16.2 Å². The molecule has 1 aromatic carbocycles. The van der Waals surface area contributed by atoms with E-state index in [2.05, 4.69) is 20.6 Å². The monoisotopic (exact) mass is 378 g/mol. The molecule has 2 aromatic heterocycles. The summed E-state index contributed by atoms with van der Waals surface area (Å²) in [6.07, 6.45) is 1.61. The van der Waals surface area contributed by atoms with Crippen molar-refractivity contribution in [2.45, 2.75) is 6.92 Å². The average molecular weight is 378 g/mol. The van der Waals surface area contributed by atoms with Crippen molar-refractivity contribution in [2.75, 3.05) is 29.6 Å². The normalized spacial score (nSPS) is 10.4. The van der Waals surface area contributed by atoms with Gasteiger partial charge in [0, 0.05) is 44.8 Å². The van der Waals surface area contributed by atoms with Crippen molar-refractivity contribution in [3.63, 3.8) is 0 Å². The molecule has 3 aromatic rings. The van der Waals surface area contributed by atoms with E-state index in [0.29, 0.717) is 17.3 Å². The van der Waals surface area contributed by atoms with Crippen LogP contribution in [0.4, 0.5) is 23.0 Å². The van der Waals surface area contributed by atoms with E-state index in [1.807, 2.05) is 44.1 Å². The summed E-state index contributed by atoms with van der Waals surface area (Å²) in [5.74, 6) is 1.72. The van der Waals surface area contributed by atoms with Crippen LogP contribution >= 0.6 is 0 Å². The standard InChI is InChI=1S/C20H22N6O2/c1-13-21-17(12-18(22-13)25(2)3)23-14-7-9-15(10-8-14)24-19(27)16-6-5-11-26(4)20(16)28/h5-12H,1-4H3,(H,24,27)(H,21,22,23). The fourth-order valence-corrected chi connectivity index (χ4v) is 2.60. The number of rotatable bonds is 5. The average Bonchev–Trinajstić information content (AvgIpc) is 2.65. The molecule has 3 rings (SSSR count). The number of nitrogens with one attached hydrogen (secondary N) is 2. The van der Waals surface area contributed by atoms with Crippen molar-refractivity contribution in [3.05, 3.63) is 70.4 Å². The lowest BCUT2D eigenvalue weighted by Crippen LogP contribution is -2.26. The quantitative estimate of drug-likeness (QED) is 0.709. The minimum atomic E-state index is -0.441. The van der Waals surface area contributed by atoms with Crippen LogP contribution in [-0.2, 0) is 7.05 Å². The van der Waals surface area contributed by atoms with Crippen LogP contribution in [0.25, 0.3) is 0 Å². The van der Waals surface area contributed by atoms with Crippen molar-refractivity contribution in [3.8, 4) is 0 Å². The van der Waals surface area contributed by atoms with Gasteiger partial charge < -0.3 is 20.1 Å². The minimum Gasteiger partial charge on any atom is -0.363 e. The Bertz CT molecular complexity index is 1060. The SMILES string of the molecule is Cc1nc(Nc2ccc(NC(=O)c3cccn(C)c3=O)cc2)cc(N(C)C)n1. The Hall–Kier alpha value is -3.68. The number of benzene rings is 1. The lowest BCUT2D eigenvalue weighted by atomic mass is 10.2. The Kier molecular flexibility index (Phi) is 5.39. The second-order valence-electron chi connectivity index (χ2n) is 6.55. The van der Waals surface area contributed by atoms with E-state index in [0.717, 1.165) is 11.5 Å². The van der Waals surface area contributed by atoms with Gasteiger partial charge in [0.2, 0.25) is 0 Å². The lowest BCUT2D eigenvalue weighted by molar-refractivity contribution is 0.102. The Balaban J connectivity index is 1.73. The number of amides is 1. The maximum atomic E-state index is 12.3. The molecule has 1 amide bonds. The van der Waals surface area contributed by atoms with Crippen LogP contribution in [0.3, 0.4) is 0 Å². The fraction of sp³-hybridized carbons (Fsp3) is 0.200. The highest BCUT2D eigenvalue weighted by molar-refractivity contribution is 6.04. The van der Waals surface area contributed by atoms with Gasteiger partial charge in [-0.1, -0.05) is 0 Å². The van der Waals surface area contributed by atoms with Crippen LogP contribution in [0.5, 0.6) is 0 Å². The highest BCUT2D eigenvalue weighted by atomic mass is 16.2. The van der Waals surface area contributed by atoms with Gasteiger partial charge in [0.1, 0.15) is 23.0 Å².